The summed E-state index contributed by atoms with van der Waals surface area (Å²) in [4.78, 5) is 40.7. The fourth-order valence-electron chi connectivity index (χ4n) is 9.77. The van der Waals surface area contributed by atoms with Crippen molar-refractivity contribution in [1.29, 1.82) is 0 Å². The van der Waals surface area contributed by atoms with Crippen LogP contribution in [0.4, 0.5) is 39.8 Å². The van der Waals surface area contributed by atoms with Gasteiger partial charge in [-0.25, -0.2) is 0 Å². The highest BCUT2D eigenvalue weighted by Crippen LogP contribution is 2.31. The topological polar surface area (TPSA) is 204 Å². The maximum atomic E-state index is 11.8. The second-order valence-corrected chi connectivity index (χ2v) is 38.2. The molecular weight excluding hydrogens is 1890 g/mol. The number of ether oxygens (including phenoxy) is 5. The Kier molecular flexibility index (Phi) is 103. The van der Waals surface area contributed by atoms with Crippen molar-refractivity contribution in [2.75, 3.05) is 280 Å². The number of carbonyl (C=O) groups excluding carboxylic acids is 2. The summed E-state index contributed by atoms with van der Waals surface area (Å²) in [6.45, 7) is 15.0. The third-order valence-corrected chi connectivity index (χ3v) is 26.6. The maximum absolute atomic E-state index is 11.8. The first-order valence-electron chi connectivity index (χ1n) is 44.2. The highest BCUT2D eigenvalue weighted by Gasteiger charge is 2.12. The van der Waals surface area contributed by atoms with Gasteiger partial charge >= 0.3 is 0 Å². The number of carbonyl (C=O) groups is 2. The molecule has 0 bridgehead atoms. The van der Waals surface area contributed by atoms with Crippen LogP contribution in [0.1, 0.15) is 71.2 Å². The van der Waals surface area contributed by atoms with Gasteiger partial charge in [-0.3, -0.25) is 14.6 Å². The first-order chi connectivity index (χ1) is 65.0. The lowest BCUT2D eigenvalue weighted by molar-refractivity contribution is -0.116. The fourth-order valence-corrected chi connectivity index (χ4v) is 16.1. The van der Waals surface area contributed by atoms with Gasteiger partial charge in [0.25, 0.3) is 5.91 Å². The Bertz CT molecular complexity index is 3740. The first-order valence-corrected chi connectivity index (χ1v) is 58.6. The van der Waals surface area contributed by atoms with Crippen LogP contribution in [-0.2, 0) is 9.53 Å². The lowest BCUT2D eigenvalue weighted by atomic mass is 10.2. The van der Waals surface area contributed by atoms with Gasteiger partial charge in [-0.2, -0.15) is 70.6 Å². The van der Waals surface area contributed by atoms with Crippen molar-refractivity contribution in [1.82, 2.24) is 15.5 Å². The van der Waals surface area contributed by atoms with Crippen molar-refractivity contribution >= 4 is 187 Å². The van der Waals surface area contributed by atoms with Gasteiger partial charge in [0.1, 0.15) is 11.5 Å². The molecule has 0 aliphatic heterocycles. The number of benzene rings is 9. The van der Waals surface area contributed by atoms with Crippen molar-refractivity contribution in [2.45, 2.75) is 96.6 Å². The fraction of sp³-hybridized carbons (Fsp3) is 0.457. The zero-order valence-electron chi connectivity index (χ0n) is 88.5. The minimum absolute atomic E-state index is 0.0569. The standard InChI is InChI=1S/C11H15NOS.C10H13NOS.C9H13NO.C9H13NS.C8H12N2.C8H11NO.C8H11NS.C8H10O2.C8H10S2.C6H15NS.C5H12.C4H9NO.C4H11NS.C4H10S2.C3H9NS/c1-12(8-9-14-2)11(13)10-6-4-3-5-7-10;1-8(12)11(2)9-6-4-5-7-10(9)13-3;2*1-10(2)8-6-4-5-7-9(8)11-3;5*1-9-7-5-3-4-6-8(7)10-2;1-5(7-3)6(2)8-4;1-3-5-4-2;1-4(5-2)6-3;2*1-5-3-4-6-2;1-5-3-2-4/h3-7H,8-9H2,1-2H3;4-7H,1-3H3;2*4-7H,1-3H3;3-6,9-10H,1-2H3;2*3-6,9H,1-2H3;2*3-6H,1-2H3;5-7H,1-4H3;3-5H2,1-2H3;1-3H3;5H,3-4H2,1-2H3;3-4H2,1-2H3;2-4H2,1H3. The van der Waals surface area contributed by atoms with Crippen LogP contribution in [0.5, 0.6) is 23.0 Å². The van der Waals surface area contributed by atoms with Crippen LogP contribution in [0.15, 0.2) is 254 Å². The smallest absolute Gasteiger partial charge is 0.253 e. The summed E-state index contributed by atoms with van der Waals surface area (Å²) >= 11 is 19.9. The van der Waals surface area contributed by atoms with Gasteiger partial charge in [0.05, 0.1) is 64.0 Å². The SMILES string of the molecule is CCCCC.CN=C(C)OC.CNC(C)C(C)SC.CNCCSC.CNc1ccccc1NC.CNc1ccccc1OC.CNc1ccccc1SC.COc1ccccc1N(C)C.COc1ccccc1OC.CSCCN.CSCCN(C)C(=O)c1ccccc1.CSCCSC.CSc1ccccc1N(C)C.CSc1ccccc1N(C)C(C)=O.CSc1ccccc1SC. The molecule has 2 amide bonds. The molecule has 135 heavy (non-hydrogen) atoms. The van der Waals surface area contributed by atoms with Crippen molar-refractivity contribution < 1.29 is 33.3 Å². The number of hydrogen-bond acceptors (Lipinski definition) is 28. The van der Waals surface area contributed by atoms with Crippen LogP contribution < -0.4 is 71.3 Å². The highest BCUT2D eigenvalue weighted by molar-refractivity contribution is 8.02. The molecule has 762 valence electrons. The van der Waals surface area contributed by atoms with Crippen LogP contribution in [0, 0.1) is 0 Å². The van der Waals surface area contributed by atoms with E-state index >= 15 is 0 Å². The molecule has 0 saturated carbocycles. The zero-order valence-corrected chi connectivity index (χ0v) is 97.4. The maximum Gasteiger partial charge on any atom is 0.253 e. The zero-order chi connectivity index (χ0) is 103. The number of hydrogen-bond donors (Lipinski definition) is 7. The lowest BCUT2D eigenvalue weighted by Crippen LogP contribution is -2.30. The summed E-state index contributed by atoms with van der Waals surface area (Å²) < 4.78 is 24.9. The third kappa shape index (κ3) is 73.0. The molecule has 0 heterocycles. The Morgan fingerprint density at radius 2 is 0.733 bits per heavy atom. The van der Waals surface area contributed by atoms with E-state index < -0.39 is 0 Å². The molecule has 9 rings (SSSR count). The lowest BCUT2D eigenvalue weighted by Gasteiger charge is -2.17. The number of amides is 2. The average molecular weight is 2070 g/mol. The molecule has 0 aliphatic rings. The van der Waals surface area contributed by atoms with Crippen LogP contribution in [0.2, 0.25) is 0 Å². The van der Waals surface area contributed by atoms with Gasteiger partial charge in [-0.1, -0.05) is 155 Å². The molecule has 2 unspecified atom stereocenters. The predicted octanol–water partition coefficient (Wildman–Crippen LogP) is 26.4. The molecule has 9 aromatic rings. The van der Waals surface area contributed by atoms with E-state index in [4.69, 9.17) is 24.7 Å². The largest absolute Gasteiger partial charge is 0.495 e. The van der Waals surface area contributed by atoms with Crippen molar-refractivity contribution in [2.24, 2.45) is 10.7 Å². The molecule has 0 aliphatic carbocycles. The monoisotopic (exact) mass is 2070 g/mol. The van der Waals surface area contributed by atoms with E-state index in [1.165, 1.54) is 67.5 Å². The predicted molar refractivity (Wildman–Crippen MR) is 634 cm³/mol. The minimum Gasteiger partial charge on any atom is -0.495 e. The number of nitrogens with one attached hydrogen (secondary N) is 6. The van der Waals surface area contributed by atoms with Gasteiger partial charge in [-0.05, 0) is 199 Å². The summed E-state index contributed by atoms with van der Waals surface area (Å²) in [7, 11) is 33.2. The molecule has 30 heteroatoms. The Hall–Kier alpha value is -6.88. The number of para-hydroxylation sites is 11. The number of unbranched alkanes of at least 4 members (excludes halogenated alkanes) is 2. The Balaban J connectivity index is -0.000000333. The van der Waals surface area contributed by atoms with Gasteiger partial charge in [-0.15, -0.1) is 58.8 Å². The number of nitrogens with zero attached hydrogens (tertiary/aromatic N) is 5. The highest BCUT2D eigenvalue weighted by atomic mass is 32.2. The number of nitrogens with two attached hydrogens (primary N) is 1. The number of aliphatic imine (C=N–C) groups is 1. The van der Waals surface area contributed by atoms with Gasteiger partial charge in [0, 0.05) is 192 Å². The van der Waals surface area contributed by atoms with E-state index in [1.807, 2.05) is 298 Å². The van der Waals surface area contributed by atoms with E-state index in [9.17, 15) is 9.59 Å². The Labute approximate surface area is 868 Å². The summed E-state index contributed by atoms with van der Waals surface area (Å²) in [5, 5.41) is 19.3. The summed E-state index contributed by atoms with van der Waals surface area (Å²) in [6, 6.07) is 74.4. The molecule has 0 fully saturated rings. The quantitative estimate of drug-likeness (QED) is 0.00884. The van der Waals surface area contributed by atoms with Crippen LogP contribution in [0.3, 0.4) is 0 Å². The second kappa shape index (κ2) is 100. The van der Waals surface area contributed by atoms with Gasteiger partial charge < -0.3 is 80.9 Å². The molecule has 9 aromatic carbocycles. The van der Waals surface area contributed by atoms with E-state index in [1.54, 1.807) is 156 Å². The number of thioether (sulfide) groups is 11. The third-order valence-electron chi connectivity index (χ3n) is 18.1. The van der Waals surface area contributed by atoms with Crippen LogP contribution in [0.25, 0.3) is 0 Å². The Morgan fingerprint density at radius 1 is 0.393 bits per heavy atom. The minimum atomic E-state index is 0.0569. The molecule has 2 atom stereocenters. The van der Waals surface area contributed by atoms with E-state index in [2.05, 4.69) is 199 Å². The van der Waals surface area contributed by atoms with Crippen LogP contribution in [-0.4, -0.2) is 278 Å². The van der Waals surface area contributed by atoms with Crippen molar-refractivity contribution in [3.63, 3.8) is 0 Å². The summed E-state index contributed by atoms with van der Waals surface area (Å²) in [6.07, 6.45) is 27.1. The van der Waals surface area contributed by atoms with Crippen LogP contribution >= 0.6 is 129 Å². The van der Waals surface area contributed by atoms with Gasteiger partial charge in [0.15, 0.2) is 17.4 Å². The molecule has 0 aromatic heterocycles. The Morgan fingerprint density at radius 3 is 1.01 bits per heavy atom. The van der Waals surface area contributed by atoms with Gasteiger partial charge in [0.2, 0.25) is 5.91 Å². The molecule has 19 nitrogen and oxygen atoms in total. The summed E-state index contributed by atoms with van der Waals surface area (Å²) in [5.41, 5.74) is 13.7. The first kappa shape index (κ1) is 139. The number of rotatable bonds is 33. The van der Waals surface area contributed by atoms with E-state index in [-0.39, 0.29) is 11.8 Å². The van der Waals surface area contributed by atoms with Crippen molar-refractivity contribution in [3.8, 4) is 23.0 Å². The molecule has 8 N–H and O–H groups in total. The second-order valence-electron chi connectivity index (χ2n) is 27.8. The van der Waals surface area contributed by atoms with Crippen molar-refractivity contribution in [3.05, 3.63) is 230 Å². The number of anilines is 7. The number of methoxy groups -OCH3 is 5. The molecule has 0 radical (unpaired) electrons. The molecule has 0 saturated heterocycles. The average Bonchev–Trinajstić information content (AvgIpc) is 0.845. The summed E-state index contributed by atoms with van der Waals surface area (Å²) in [5.74, 6) is 10.1. The van der Waals surface area contributed by atoms with E-state index in [0.29, 0.717) is 6.04 Å². The normalized spacial score (nSPS) is 9.94. The van der Waals surface area contributed by atoms with E-state index in [0.717, 1.165) is 104 Å². The molecule has 0 spiro atoms. The molecular formula is C105H174N12O7S11.